The summed E-state index contributed by atoms with van der Waals surface area (Å²) in [5, 5.41) is 0.615. The molecule has 2 N–H and O–H groups in total. The lowest BCUT2D eigenvalue weighted by atomic mass is 9.94. The zero-order valence-corrected chi connectivity index (χ0v) is 22.4. The van der Waals surface area contributed by atoms with E-state index in [0.29, 0.717) is 51.6 Å². The van der Waals surface area contributed by atoms with Crippen molar-refractivity contribution in [1.82, 2.24) is 24.8 Å². The molecule has 3 atom stereocenters. The molecule has 4 aromatic rings. The van der Waals surface area contributed by atoms with Crippen molar-refractivity contribution in [3.05, 3.63) is 76.6 Å². The number of piperidine rings is 1. The molecular formula is C28H26F2N6O2S. The van der Waals surface area contributed by atoms with Crippen molar-refractivity contribution >= 4 is 17.2 Å². The van der Waals surface area contributed by atoms with Crippen molar-refractivity contribution < 1.29 is 18.3 Å². The molecule has 1 unspecified atom stereocenters. The van der Waals surface area contributed by atoms with Gasteiger partial charge in [-0.25, -0.2) is 28.7 Å². The Morgan fingerprint density at radius 3 is 2.49 bits per heavy atom. The van der Waals surface area contributed by atoms with Gasteiger partial charge in [0.25, 0.3) is 5.91 Å². The molecule has 2 aliphatic rings. The third kappa shape index (κ3) is 4.87. The highest BCUT2D eigenvalue weighted by Gasteiger charge is 2.59. The lowest BCUT2D eigenvalue weighted by Crippen LogP contribution is -2.33. The number of thiazole rings is 1. The second-order valence-corrected chi connectivity index (χ2v) is 11.6. The van der Waals surface area contributed by atoms with Gasteiger partial charge in [0.1, 0.15) is 22.6 Å². The number of fused-ring (bicyclic) bond motifs is 1. The van der Waals surface area contributed by atoms with Crippen LogP contribution in [-0.2, 0) is 5.54 Å². The molecule has 0 bridgehead atoms. The zero-order valence-electron chi connectivity index (χ0n) is 21.6. The standard InChI is InChI=1S/C28H26F2N6O2S/c1-14-24(39-26(34-14)25-32-7-4-8-33-25)27(37)36-12-18-19(13-36)23(18)38-22-10-15(28(2,3)31)9-21(35-22)17-6-5-16(29)11-20(17)30/h4-11,18-19,23H,12-13,31H2,1-3H3/t18-,19+,23?. The van der Waals surface area contributed by atoms with E-state index in [1.165, 1.54) is 23.5 Å². The van der Waals surface area contributed by atoms with Gasteiger partial charge in [0.15, 0.2) is 10.8 Å². The number of ether oxygens (including phenoxy) is 1. The summed E-state index contributed by atoms with van der Waals surface area (Å²) in [7, 11) is 0. The van der Waals surface area contributed by atoms with Gasteiger partial charge in [-0.05, 0) is 50.6 Å². The lowest BCUT2D eigenvalue weighted by molar-refractivity contribution is 0.0755. The minimum Gasteiger partial charge on any atom is -0.474 e. The summed E-state index contributed by atoms with van der Waals surface area (Å²) in [6.45, 7) is 6.61. The molecule has 1 aromatic carbocycles. The first-order valence-electron chi connectivity index (χ1n) is 12.6. The fraction of sp³-hybridized carbons (Fsp3) is 0.321. The second kappa shape index (κ2) is 9.42. The summed E-state index contributed by atoms with van der Waals surface area (Å²) in [5.74, 6) is -0.269. The van der Waals surface area contributed by atoms with E-state index in [1.807, 2.05) is 25.7 Å². The number of benzene rings is 1. The van der Waals surface area contributed by atoms with E-state index in [2.05, 4.69) is 19.9 Å². The van der Waals surface area contributed by atoms with Crippen LogP contribution in [0.15, 0.2) is 48.8 Å². The van der Waals surface area contributed by atoms with Crippen molar-refractivity contribution in [3.8, 4) is 28.0 Å². The maximum atomic E-state index is 14.5. The summed E-state index contributed by atoms with van der Waals surface area (Å²) in [6.07, 6.45) is 3.18. The molecule has 200 valence electrons. The Balaban J connectivity index is 1.17. The summed E-state index contributed by atoms with van der Waals surface area (Å²) in [4.78, 5) is 33.2. The van der Waals surface area contributed by atoms with Crippen molar-refractivity contribution in [1.29, 1.82) is 0 Å². The molecule has 2 fully saturated rings. The van der Waals surface area contributed by atoms with Crippen LogP contribution < -0.4 is 10.5 Å². The number of nitrogens with two attached hydrogens (primary N) is 1. The van der Waals surface area contributed by atoms with Crippen molar-refractivity contribution in [2.24, 2.45) is 17.6 Å². The summed E-state index contributed by atoms with van der Waals surface area (Å²) in [5.41, 5.74) is 7.47. The Bertz CT molecular complexity index is 1560. The largest absolute Gasteiger partial charge is 0.474 e. The van der Waals surface area contributed by atoms with Crippen LogP contribution in [0.3, 0.4) is 0 Å². The number of amides is 1. The highest BCUT2D eigenvalue weighted by atomic mass is 32.1. The lowest BCUT2D eigenvalue weighted by Gasteiger charge is -2.22. The minimum absolute atomic E-state index is 0.0581. The first-order chi connectivity index (χ1) is 18.6. The van der Waals surface area contributed by atoms with E-state index < -0.39 is 17.2 Å². The van der Waals surface area contributed by atoms with Crippen LogP contribution in [0.25, 0.3) is 22.1 Å². The molecule has 0 spiro atoms. The molecule has 39 heavy (non-hydrogen) atoms. The van der Waals surface area contributed by atoms with Crippen LogP contribution in [0.4, 0.5) is 8.78 Å². The number of halogens is 2. The molecule has 1 aliphatic carbocycles. The van der Waals surface area contributed by atoms with E-state index in [1.54, 1.807) is 30.6 Å². The third-order valence-corrected chi connectivity index (χ3v) is 8.30. The van der Waals surface area contributed by atoms with E-state index in [0.717, 1.165) is 6.07 Å². The van der Waals surface area contributed by atoms with Gasteiger partial charge in [-0.2, -0.15) is 0 Å². The molecule has 11 heteroatoms. The molecule has 1 saturated heterocycles. The number of pyridine rings is 1. The van der Waals surface area contributed by atoms with Gasteiger partial charge in [0, 0.05) is 60.6 Å². The molecule has 3 aromatic heterocycles. The normalized spacial score (nSPS) is 20.2. The quantitative estimate of drug-likeness (QED) is 0.376. The van der Waals surface area contributed by atoms with Gasteiger partial charge in [-0.3, -0.25) is 4.79 Å². The zero-order chi connectivity index (χ0) is 27.5. The third-order valence-electron chi connectivity index (χ3n) is 7.16. The first kappa shape index (κ1) is 25.4. The molecular weight excluding hydrogens is 522 g/mol. The molecule has 1 saturated carbocycles. The number of aromatic nitrogens is 4. The van der Waals surface area contributed by atoms with Gasteiger partial charge >= 0.3 is 0 Å². The maximum Gasteiger partial charge on any atom is 0.265 e. The maximum absolute atomic E-state index is 14.5. The molecule has 1 amide bonds. The van der Waals surface area contributed by atoms with Crippen LogP contribution in [-0.4, -0.2) is 49.9 Å². The Hall–Kier alpha value is -3.83. The number of likely N-dealkylation sites (tertiary alicyclic amines) is 1. The Morgan fingerprint density at radius 2 is 1.82 bits per heavy atom. The van der Waals surface area contributed by atoms with Crippen LogP contribution in [0.1, 0.15) is 34.8 Å². The second-order valence-electron chi connectivity index (χ2n) is 10.6. The highest BCUT2D eigenvalue weighted by Crippen LogP contribution is 2.48. The summed E-state index contributed by atoms with van der Waals surface area (Å²) >= 11 is 1.30. The number of hydrogen-bond acceptors (Lipinski definition) is 8. The fourth-order valence-corrected chi connectivity index (χ4v) is 5.95. The van der Waals surface area contributed by atoms with E-state index >= 15 is 0 Å². The van der Waals surface area contributed by atoms with E-state index in [4.69, 9.17) is 10.5 Å². The van der Waals surface area contributed by atoms with Gasteiger partial charge in [-0.1, -0.05) is 0 Å². The average molecular weight is 549 g/mol. The van der Waals surface area contributed by atoms with Crippen LogP contribution in [0.2, 0.25) is 0 Å². The number of carbonyl (C=O) groups excluding carboxylic acids is 1. The molecule has 6 rings (SSSR count). The van der Waals surface area contributed by atoms with Gasteiger partial charge in [-0.15, -0.1) is 11.3 Å². The molecule has 8 nitrogen and oxygen atoms in total. The van der Waals surface area contributed by atoms with E-state index in [9.17, 15) is 13.6 Å². The number of carbonyl (C=O) groups is 1. The average Bonchev–Trinajstić information content (AvgIpc) is 3.21. The molecule has 0 radical (unpaired) electrons. The number of hydrogen-bond donors (Lipinski definition) is 1. The summed E-state index contributed by atoms with van der Waals surface area (Å²) in [6, 6.07) is 8.57. The minimum atomic E-state index is -0.731. The van der Waals surface area contributed by atoms with E-state index in [-0.39, 0.29) is 29.4 Å². The smallest absolute Gasteiger partial charge is 0.265 e. The Kier molecular flexibility index (Phi) is 6.15. The van der Waals surface area contributed by atoms with Crippen molar-refractivity contribution in [2.45, 2.75) is 32.4 Å². The monoisotopic (exact) mass is 548 g/mol. The number of rotatable bonds is 6. The SMILES string of the molecule is Cc1nc(-c2ncccn2)sc1C(=O)N1C[C@@H]2C(Oc3cc(C(C)(C)N)cc(-c4ccc(F)cc4F)n3)[C@@H]2C1. The van der Waals surface area contributed by atoms with Crippen molar-refractivity contribution in [2.75, 3.05) is 13.1 Å². The Morgan fingerprint density at radius 1 is 1.10 bits per heavy atom. The highest BCUT2D eigenvalue weighted by molar-refractivity contribution is 7.17. The van der Waals surface area contributed by atoms with Gasteiger partial charge in [0.2, 0.25) is 5.88 Å². The van der Waals surface area contributed by atoms with Crippen molar-refractivity contribution in [3.63, 3.8) is 0 Å². The van der Waals surface area contributed by atoms with Gasteiger partial charge < -0.3 is 15.4 Å². The first-order valence-corrected chi connectivity index (χ1v) is 13.4. The molecule has 4 heterocycles. The number of nitrogens with zero attached hydrogens (tertiary/aromatic N) is 5. The fourth-order valence-electron chi connectivity index (χ4n) is 4.97. The Labute approximate surface area is 227 Å². The van der Waals surface area contributed by atoms with Crippen LogP contribution in [0, 0.1) is 30.4 Å². The number of aryl methyl sites for hydroxylation is 1. The summed E-state index contributed by atoms with van der Waals surface area (Å²) < 4.78 is 34.3. The van der Waals surface area contributed by atoms with Gasteiger partial charge in [0.05, 0.1) is 11.4 Å². The van der Waals surface area contributed by atoms with Crippen LogP contribution in [0.5, 0.6) is 5.88 Å². The topological polar surface area (TPSA) is 107 Å². The predicted molar refractivity (Wildman–Crippen MR) is 142 cm³/mol. The van der Waals surface area contributed by atoms with Crippen LogP contribution >= 0.6 is 11.3 Å². The predicted octanol–water partition coefficient (Wildman–Crippen LogP) is 4.59. The molecule has 1 aliphatic heterocycles.